The standard InChI is InChI=1S/C17H10N4/c1-2-6-14-11(4-1)10-13-12-5-3-7-18-16(12)21-9-8-19-17(21)15(13)20-14/h1-10H. The maximum absolute atomic E-state index is 4.82. The first-order chi connectivity index (χ1) is 10.4. The third kappa shape index (κ3) is 1.36. The lowest BCUT2D eigenvalue weighted by Crippen LogP contribution is -1.94. The van der Waals surface area contributed by atoms with Crippen LogP contribution in [0.4, 0.5) is 0 Å². The van der Waals surface area contributed by atoms with Crippen molar-refractivity contribution in [3.05, 3.63) is 61.1 Å². The summed E-state index contributed by atoms with van der Waals surface area (Å²) < 4.78 is 2.00. The maximum Gasteiger partial charge on any atom is 0.165 e. The van der Waals surface area contributed by atoms with Gasteiger partial charge in [-0.05, 0) is 24.3 Å². The summed E-state index contributed by atoms with van der Waals surface area (Å²) in [6.45, 7) is 0. The van der Waals surface area contributed by atoms with E-state index in [4.69, 9.17) is 4.98 Å². The number of benzene rings is 1. The fraction of sp³-hybridized carbons (Fsp3) is 0. The van der Waals surface area contributed by atoms with E-state index >= 15 is 0 Å². The average molecular weight is 270 g/mol. The highest BCUT2D eigenvalue weighted by Gasteiger charge is 2.11. The van der Waals surface area contributed by atoms with Crippen LogP contribution in [0.3, 0.4) is 0 Å². The van der Waals surface area contributed by atoms with E-state index in [0.29, 0.717) is 0 Å². The third-order valence-electron chi connectivity index (χ3n) is 3.88. The molecule has 0 spiro atoms. The fourth-order valence-corrected chi connectivity index (χ4v) is 2.94. The molecule has 4 heterocycles. The second kappa shape index (κ2) is 3.76. The Labute approximate surface area is 119 Å². The molecule has 4 nitrogen and oxygen atoms in total. The molecule has 0 unspecified atom stereocenters. The molecule has 0 aliphatic carbocycles. The minimum Gasteiger partial charge on any atom is -0.282 e. The Morgan fingerprint density at radius 3 is 2.71 bits per heavy atom. The summed E-state index contributed by atoms with van der Waals surface area (Å²) in [6, 6.07) is 14.4. The van der Waals surface area contributed by atoms with Crippen molar-refractivity contribution in [1.82, 2.24) is 19.4 Å². The summed E-state index contributed by atoms with van der Waals surface area (Å²) in [4.78, 5) is 13.8. The Balaban J connectivity index is 2.18. The van der Waals surface area contributed by atoms with Gasteiger partial charge < -0.3 is 0 Å². The van der Waals surface area contributed by atoms with Gasteiger partial charge in [-0.1, -0.05) is 18.2 Å². The van der Waals surface area contributed by atoms with Crippen LogP contribution >= 0.6 is 0 Å². The lowest BCUT2D eigenvalue weighted by atomic mass is 10.1. The Morgan fingerprint density at radius 2 is 1.71 bits per heavy atom. The lowest BCUT2D eigenvalue weighted by Gasteiger charge is -2.07. The normalized spacial score (nSPS) is 11.8. The number of rotatable bonds is 0. The van der Waals surface area contributed by atoms with E-state index in [9.17, 15) is 0 Å². The minimum absolute atomic E-state index is 0.849. The topological polar surface area (TPSA) is 43.1 Å². The van der Waals surface area contributed by atoms with Gasteiger partial charge in [-0.2, -0.15) is 0 Å². The molecular formula is C17H10N4. The molecule has 0 N–H and O–H groups in total. The quantitative estimate of drug-likeness (QED) is 0.319. The molecule has 0 saturated carbocycles. The molecule has 4 heteroatoms. The van der Waals surface area contributed by atoms with Crippen LogP contribution in [0.2, 0.25) is 0 Å². The zero-order chi connectivity index (χ0) is 13.8. The number of nitrogens with zero attached hydrogens (tertiary/aromatic N) is 4. The average Bonchev–Trinajstić information content (AvgIpc) is 3.03. The molecule has 21 heavy (non-hydrogen) atoms. The van der Waals surface area contributed by atoms with Crippen LogP contribution in [-0.2, 0) is 0 Å². The molecule has 98 valence electrons. The molecule has 5 aromatic rings. The van der Waals surface area contributed by atoms with Crippen LogP contribution in [-0.4, -0.2) is 19.4 Å². The smallest absolute Gasteiger partial charge is 0.165 e. The van der Waals surface area contributed by atoms with E-state index in [1.165, 1.54) is 0 Å². The van der Waals surface area contributed by atoms with Gasteiger partial charge in [0.05, 0.1) is 5.52 Å². The Morgan fingerprint density at radius 1 is 0.810 bits per heavy atom. The van der Waals surface area contributed by atoms with Crippen LogP contribution in [0.1, 0.15) is 0 Å². The number of para-hydroxylation sites is 1. The van der Waals surface area contributed by atoms with Gasteiger partial charge in [-0.15, -0.1) is 0 Å². The first-order valence-corrected chi connectivity index (χ1v) is 6.81. The molecule has 1 aromatic carbocycles. The largest absolute Gasteiger partial charge is 0.282 e. The number of pyridine rings is 3. The number of hydrogen-bond acceptors (Lipinski definition) is 3. The molecule has 4 aromatic heterocycles. The van der Waals surface area contributed by atoms with Gasteiger partial charge in [-0.3, -0.25) is 4.40 Å². The van der Waals surface area contributed by atoms with Crippen LogP contribution in [0.25, 0.3) is 38.5 Å². The lowest BCUT2D eigenvalue weighted by molar-refractivity contribution is 1.19. The SMILES string of the molecule is c1ccc2nc3c(cc2c1)c1cccnc1n1ccnc31. The van der Waals surface area contributed by atoms with E-state index in [0.717, 1.165) is 38.5 Å². The molecule has 0 bridgehead atoms. The minimum atomic E-state index is 0.849. The summed E-state index contributed by atoms with van der Waals surface area (Å²) in [5.41, 5.74) is 3.66. The molecule has 0 aliphatic rings. The van der Waals surface area contributed by atoms with E-state index in [2.05, 4.69) is 28.2 Å². The summed E-state index contributed by atoms with van der Waals surface area (Å²) in [6.07, 6.45) is 5.53. The molecule has 0 amide bonds. The van der Waals surface area contributed by atoms with Gasteiger partial charge in [0.25, 0.3) is 0 Å². The van der Waals surface area contributed by atoms with Crippen molar-refractivity contribution in [2.75, 3.05) is 0 Å². The van der Waals surface area contributed by atoms with Gasteiger partial charge in [0.2, 0.25) is 0 Å². The summed E-state index contributed by atoms with van der Waals surface area (Å²) in [5, 5.41) is 3.32. The second-order valence-electron chi connectivity index (χ2n) is 5.07. The first-order valence-electron chi connectivity index (χ1n) is 6.81. The predicted molar refractivity (Wildman–Crippen MR) is 83.3 cm³/mol. The van der Waals surface area contributed by atoms with Crippen LogP contribution in [0.5, 0.6) is 0 Å². The monoisotopic (exact) mass is 270 g/mol. The maximum atomic E-state index is 4.82. The van der Waals surface area contributed by atoms with Crippen LogP contribution in [0, 0.1) is 0 Å². The zero-order valence-electron chi connectivity index (χ0n) is 11.1. The number of fused-ring (bicyclic) bond motifs is 7. The van der Waals surface area contributed by atoms with Crippen molar-refractivity contribution in [2.45, 2.75) is 0 Å². The fourth-order valence-electron chi connectivity index (χ4n) is 2.94. The first kappa shape index (κ1) is 10.7. The van der Waals surface area contributed by atoms with E-state index < -0.39 is 0 Å². The predicted octanol–water partition coefficient (Wildman–Crippen LogP) is 3.58. The highest BCUT2D eigenvalue weighted by atomic mass is 15.0. The molecular weight excluding hydrogens is 260 g/mol. The number of aromatic nitrogens is 4. The van der Waals surface area contributed by atoms with Crippen molar-refractivity contribution in [3.63, 3.8) is 0 Å². The second-order valence-corrected chi connectivity index (χ2v) is 5.07. The number of imidazole rings is 1. The van der Waals surface area contributed by atoms with Gasteiger partial charge in [0.15, 0.2) is 5.65 Å². The Hall–Kier alpha value is -3.01. The van der Waals surface area contributed by atoms with E-state index in [1.807, 2.05) is 41.1 Å². The van der Waals surface area contributed by atoms with Gasteiger partial charge in [0, 0.05) is 34.7 Å². The Kier molecular flexibility index (Phi) is 1.92. The van der Waals surface area contributed by atoms with Gasteiger partial charge in [0.1, 0.15) is 11.2 Å². The van der Waals surface area contributed by atoms with Crippen molar-refractivity contribution in [1.29, 1.82) is 0 Å². The van der Waals surface area contributed by atoms with Crippen LogP contribution < -0.4 is 0 Å². The molecule has 0 atom stereocenters. The summed E-state index contributed by atoms with van der Waals surface area (Å²) in [7, 11) is 0. The van der Waals surface area contributed by atoms with Crippen molar-refractivity contribution in [2.24, 2.45) is 0 Å². The van der Waals surface area contributed by atoms with Crippen LogP contribution in [0.15, 0.2) is 61.1 Å². The number of hydrogen-bond donors (Lipinski definition) is 0. The molecule has 0 radical (unpaired) electrons. The third-order valence-corrected chi connectivity index (χ3v) is 3.88. The van der Waals surface area contributed by atoms with E-state index in [1.54, 1.807) is 6.20 Å². The van der Waals surface area contributed by atoms with Crippen molar-refractivity contribution < 1.29 is 0 Å². The highest BCUT2D eigenvalue weighted by molar-refractivity contribution is 6.12. The summed E-state index contributed by atoms with van der Waals surface area (Å²) >= 11 is 0. The summed E-state index contributed by atoms with van der Waals surface area (Å²) in [5.74, 6) is 0. The van der Waals surface area contributed by atoms with Crippen molar-refractivity contribution >= 4 is 38.5 Å². The molecule has 0 saturated heterocycles. The molecule has 5 rings (SSSR count). The molecule has 0 aliphatic heterocycles. The van der Waals surface area contributed by atoms with Gasteiger partial charge >= 0.3 is 0 Å². The van der Waals surface area contributed by atoms with Gasteiger partial charge in [-0.25, -0.2) is 15.0 Å². The Bertz CT molecular complexity index is 1140. The highest BCUT2D eigenvalue weighted by Crippen LogP contribution is 2.29. The zero-order valence-corrected chi connectivity index (χ0v) is 11.1. The van der Waals surface area contributed by atoms with E-state index in [-0.39, 0.29) is 0 Å². The van der Waals surface area contributed by atoms with Crippen molar-refractivity contribution in [3.8, 4) is 0 Å². The molecule has 0 fully saturated rings.